The van der Waals surface area contributed by atoms with Gasteiger partial charge in [-0.05, 0) is 86.5 Å². The summed E-state index contributed by atoms with van der Waals surface area (Å²) in [5.41, 5.74) is 5.90. The highest BCUT2D eigenvalue weighted by Gasteiger charge is 2.29. The summed E-state index contributed by atoms with van der Waals surface area (Å²) < 4.78 is 18.0. The van der Waals surface area contributed by atoms with Gasteiger partial charge in [0.1, 0.15) is 35.8 Å². The number of hydrogen-bond donors (Lipinski definition) is 2. The van der Waals surface area contributed by atoms with Crippen LogP contribution in [0.4, 0.5) is 23.3 Å². The quantitative estimate of drug-likeness (QED) is 0.474. The molecule has 1 aliphatic carbocycles. The molecule has 186 valence electrons. The van der Waals surface area contributed by atoms with Crippen LogP contribution in [-0.4, -0.2) is 53.9 Å². The summed E-state index contributed by atoms with van der Waals surface area (Å²) in [4.78, 5) is 15.8. The molecule has 1 unspecified atom stereocenters. The van der Waals surface area contributed by atoms with Gasteiger partial charge in [0.25, 0.3) is 0 Å². The molecule has 5 rings (SSSR count). The van der Waals surface area contributed by atoms with Crippen molar-refractivity contribution in [2.75, 3.05) is 44.7 Å². The fraction of sp³-hybridized carbons (Fsp3) is 0.385. The highest BCUT2D eigenvalue weighted by Crippen LogP contribution is 2.40. The molecule has 0 bridgehead atoms. The third kappa shape index (κ3) is 4.79. The largest absolute Gasteiger partial charge is 0.494 e. The third-order valence-electron chi connectivity index (χ3n) is 6.71. The molecule has 0 spiro atoms. The summed E-state index contributed by atoms with van der Waals surface area (Å²) in [7, 11) is 1.00. The van der Waals surface area contributed by atoms with Gasteiger partial charge < -0.3 is 24.8 Å². The maximum absolute atomic E-state index is 12.7. The van der Waals surface area contributed by atoms with Crippen molar-refractivity contribution < 1.29 is 9.30 Å². The highest BCUT2D eigenvalue weighted by atomic mass is 31.2. The molecule has 2 N–H and O–H groups in total. The first kappa shape index (κ1) is 24.2. The highest BCUT2D eigenvalue weighted by molar-refractivity contribution is 7.70. The maximum atomic E-state index is 12.7. The van der Waals surface area contributed by atoms with E-state index in [1.807, 2.05) is 0 Å². The first-order valence-corrected chi connectivity index (χ1v) is 14.6. The number of aryl methyl sites for hydroxylation is 1. The Morgan fingerprint density at radius 3 is 2.75 bits per heavy atom. The Morgan fingerprint density at radius 2 is 2.00 bits per heavy atom. The summed E-state index contributed by atoms with van der Waals surface area (Å²) >= 11 is 0. The van der Waals surface area contributed by atoms with Crippen LogP contribution in [0, 0.1) is 11.3 Å². The van der Waals surface area contributed by atoms with Crippen molar-refractivity contribution in [3.63, 3.8) is 0 Å². The van der Waals surface area contributed by atoms with Crippen molar-refractivity contribution in [1.29, 1.82) is 5.26 Å². The van der Waals surface area contributed by atoms with Crippen molar-refractivity contribution in [2.24, 2.45) is 0 Å². The molecule has 2 aromatic heterocycles. The fourth-order valence-corrected chi connectivity index (χ4v) is 6.28. The summed E-state index contributed by atoms with van der Waals surface area (Å²) in [6, 6.07) is 9.94. The zero-order valence-electron chi connectivity index (χ0n) is 21.0. The monoisotopic (exact) mass is 503 g/mol. The van der Waals surface area contributed by atoms with Crippen LogP contribution in [0.3, 0.4) is 0 Å². The first-order chi connectivity index (χ1) is 17.2. The minimum atomic E-state index is -2.69. The van der Waals surface area contributed by atoms with Crippen LogP contribution in [0.1, 0.15) is 41.0 Å². The van der Waals surface area contributed by atoms with Crippen LogP contribution in [0.25, 0.3) is 0 Å². The van der Waals surface area contributed by atoms with Gasteiger partial charge in [-0.1, -0.05) is 0 Å². The number of hydrogen-bond acceptors (Lipinski definition) is 9. The molecule has 3 heterocycles. The van der Waals surface area contributed by atoms with E-state index in [9.17, 15) is 9.83 Å². The number of anilines is 4. The lowest BCUT2D eigenvalue weighted by atomic mass is 9.77. The maximum Gasteiger partial charge on any atom is 0.229 e. The number of nitrogens with zero attached hydrogens (tertiary/aromatic N) is 5. The third-order valence-corrected chi connectivity index (χ3v) is 8.05. The Hall–Kier alpha value is -3.47. The van der Waals surface area contributed by atoms with E-state index in [0.29, 0.717) is 34.7 Å². The van der Waals surface area contributed by atoms with Gasteiger partial charge in [0.2, 0.25) is 5.95 Å². The molecule has 0 saturated heterocycles. The van der Waals surface area contributed by atoms with Crippen LogP contribution in [-0.2, 0) is 17.5 Å². The second kappa shape index (κ2) is 9.53. The Bertz CT molecular complexity index is 1410. The van der Waals surface area contributed by atoms with Gasteiger partial charge >= 0.3 is 0 Å². The number of nitrogens with one attached hydrogen (secondary N) is 2. The van der Waals surface area contributed by atoms with E-state index in [0.717, 1.165) is 25.2 Å². The minimum absolute atomic E-state index is 0.279. The van der Waals surface area contributed by atoms with E-state index in [4.69, 9.17) is 4.74 Å². The van der Waals surface area contributed by atoms with Crippen molar-refractivity contribution in [3.05, 3.63) is 52.7 Å². The van der Waals surface area contributed by atoms with Gasteiger partial charge in [-0.25, -0.2) is 9.97 Å². The van der Waals surface area contributed by atoms with E-state index < -0.39 is 7.14 Å². The smallest absolute Gasteiger partial charge is 0.229 e. The van der Waals surface area contributed by atoms with Gasteiger partial charge in [-0.3, -0.25) is 0 Å². The normalized spacial score (nSPS) is 17.1. The van der Waals surface area contributed by atoms with Crippen LogP contribution in [0.15, 0.2) is 30.5 Å². The van der Waals surface area contributed by atoms with Crippen LogP contribution in [0.2, 0.25) is 0 Å². The first-order valence-electron chi connectivity index (χ1n) is 12.0. The number of methoxy groups -OCH3 is 1. The number of nitriles is 1. The molecular formula is C26H30N7O2P. The molecule has 1 aromatic carbocycles. The Morgan fingerprint density at radius 1 is 1.19 bits per heavy atom. The molecule has 0 saturated carbocycles. The average Bonchev–Trinajstić information content (AvgIpc) is 2.83. The molecule has 1 aliphatic heterocycles. The molecular weight excluding hydrogens is 473 g/mol. The zero-order chi connectivity index (χ0) is 25.4. The summed E-state index contributed by atoms with van der Waals surface area (Å²) in [6.07, 6.45) is 5.02. The lowest BCUT2D eigenvalue weighted by Crippen LogP contribution is -2.33. The molecule has 3 aromatic rings. The summed E-state index contributed by atoms with van der Waals surface area (Å²) in [6.45, 7) is 5.33. The van der Waals surface area contributed by atoms with Gasteiger partial charge in [-0.15, -0.1) is 0 Å². The molecule has 1 atom stereocenters. The minimum Gasteiger partial charge on any atom is -0.494 e. The molecule has 10 heteroatoms. The van der Waals surface area contributed by atoms with E-state index in [2.05, 4.69) is 55.7 Å². The van der Waals surface area contributed by atoms with Crippen molar-refractivity contribution in [3.8, 4) is 11.8 Å². The van der Waals surface area contributed by atoms with Crippen LogP contribution < -0.4 is 20.8 Å². The molecule has 36 heavy (non-hydrogen) atoms. The number of ether oxygens (including phenoxy) is 1. The van der Waals surface area contributed by atoms with Gasteiger partial charge in [0.15, 0.2) is 5.82 Å². The van der Waals surface area contributed by atoms with E-state index >= 15 is 0 Å². The van der Waals surface area contributed by atoms with E-state index in [-0.39, 0.29) is 5.56 Å². The van der Waals surface area contributed by atoms with Crippen LogP contribution in [0.5, 0.6) is 5.75 Å². The number of pyridine rings is 1. The zero-order valence-corrected chi connectivity index (χ0v) is 21.9. The average molecular weight is 504 g/mol. The number of rotatable bonds is 6. The van der Waals surface area contributed by atoms with Crippen LogP contribution >= 0.6 is 7.14 Å². The number of likely N-dealkylation sites (N-methyl/N-ethyl adjacent to an activating group) is 1. The molecule has 9 nitrogen and oxygen atoms in total. The Labute approximate surface area is 211 Å². The molecule has 0 fully saturated rings. The molecule has 0 amide bonds. The fourth-order valence-electron chi connectivity index (χ4n) is 5.23. The lowest BCUT2D eigenvalue weighted by molar-refractivity contribution is 0.266. The number of aromatic nitrogens is 3. The SMILES string of the molecule is COc1ccc(Nc2nc(Nc3cc4c5c(c3)CN(C)CC5CCC4)ncc2C#N)nc1P(C)(C)=O. The summed E-state index contributed by atoms with van der Waals surface area (Å²) in [5.74, 6) is 2.19. The van der Waals surface area contributed by atoms with Crippen molar-refractivity contribution in [1.82, 2.24) is 19.9 Å². The second-order valence-corrected chi connectivity index (χ2v) is 13.0. The van der Waals surface area contributed by atoms with Crippen molar-refractivity contribution in [2.45, 2.75) is 31.7 Å². The Kier molecular flexibility index (Phi) is 6.42. The van der Waals surface area contributed by atoms with E-state index in [1.165, 1.54) is 42.8 Å². The summed E-state index contributed by atoms with van der Waals surface area (Å²) in [5, 5.41) is 16.1. The van der Waals surface area contributed by atoms with E-state index in [1.54, 1.807) is 25.5 Å². The molecule has 2 aliphatic rings. The molecule has 0 radical (unpaired) electrons. The predicted octanol–water partition coefficient (Wildman–Crippen LogP) is 4.35. The standard InChI is InChI=1S/C26H30N7O2P/c1-33-14-17-7-5-6-16-10-20(11-18(15-33)23(16)17)29-26-28-13-19(12-27)24(32-26)30-22-9-8-21(35-2)25(31-22)36(3,4)34/h8-11,13,17H,5-7,14-15H2,1-4H3,(H2,28,29,30,31,32). The number of benzene rings is 1. The van der Waals surface area contributed by atoms with Gasteiger partial charge in [0, 0.05) is 18.8 Å². The lowest BCUT2D eigenvalue weighted by Gasteiger charge is -2.37. The predicted molar refractivity (Wildman–Crippen MR) is 142 cm³/mol. The van der Waals surface area contributed by atoms with Crippen molar-refractivity contribution >= 4 is 35.8 Å². The second-order valence-electron chi connectivity index (χ2n) is 9.88. The Balaban J connectivity index is 1.45. The van der Waals surface area contributed by atoms with Gasteiger partial charge in [0.05, 0.1) is 13.3 Å². The topological polar surface area (TPSA) is 116 Å². The van der Waals surface area contributed by atoms with Gasteiger partial charge in [-0.2, -0.15) is 10.2 Å².